The summed E-state index contributed by atoms with van der Waals surface area (Å²) in [5.74, 6) is 1.20. The molecule has 0 spiro atoms. The lowest BCUT2D eigenvalue weighted by molar-refractivity contribution is 0.354. The van der Waals surface area contributed by atoms with E-state index in [1.807, 2.05) is 13.0 Å². The monoisotopic (exact) mass is 273 g/mol. The molecule has 0 unspecified atom stereocenters. The molecule has 2 aromatic heterocycles. The van der Waals surface area contributed by atoms with Gasteiger partial charge in [0, 0.05) is 17.7 Å². The van der Waals surface area contributed by atoms with E-state index < -0.39 is 11.2 Å². The summed E-state index contributed by atoms with van der Waals surface area (Å²) < 4.78 is 5.25. The zero-order valence-corrected chi connectivity index (χ0v) is 11.1. The maximum atomic E-state index is 11.6. The van der Waals surface area contributed by atoms with Crippen LogP contribution in [0.25, 0.3) is 12.2 Å². The number of nitrogens with one attached hydrogen (secondary N) is 2. The first-order valence-corrected chi connectivity index (χ1v) is 6.61. The third-order valence-corrected chi connectivity index (χ3v) is 3.71. The van der Waals surface area contributed by atoms with Gasteiger partial charge >= 0.3 is 5.69 Å². The lowest BCUT2D eigenvalue weighted by atomic mass is 9.81. The van der Waals surface area contributed by atoms with E-state index in [1.54, 1.807) is 6.08 Å². The number of rotatable bonds is 3. The molecule has 2 N–H and O–H groups in total. The van der Waals surface area contributed by atoms with E-state index in [2.05, 4.69) is 15.1 Å². The summed E-state index contributed by atoms with van der Waals surface area (Å²) >= 11 is 0. The standard InChI is InChI=1S/C14H15N3O3/c1-8-11(12(17-20-8)9-3-2-4-9)6-5-10-7-15-14(19)16-13(10)18/h5-7,9H,2-4H2,1H3,(H2,15,16,18,19). The normalized spacial score (nSPS) is 15.7. The van der Waals surface area contributed by atoms with E-state index in [1.165, 1.54) is 12.6 Å². The average Bonchev–Trinajstić information content (AvgIpc) is 2.68. The maximum Gasteiger partial charge on any atom is 0.325 e. The summed E-state index contributed by atoms with van der Waals surface area (Å²) in [6.45, 7) is 1.85. The largest absolute Gasteiger partial charge is 0.361 e. The summed E-state index contributed by atoms with van der Waals surface area (Å²) in [4.78, 5) is 27.2. The van der Waals surface area contributed by atoms with Gasteiger partial charge in [0.25, 0.3) is 5.56 Å². The first kappa shape index (κ1) is 12.7. The fourth-order valence-corrected chi connectivity index (χ4v) is 2.29. The molecule has 0 bridgehead atoms. The Hall–Kier alpha value is -2.37. The molecule has 6 nitrogen and oxygen atoms in total. The van der Waals surface area contributed by atoms with Gasteiger partial charge in [0.05, 0.1) is 11.3 Å². The molecule has 6 heteroatoms. The fourth-order valence-electron chi connectivity index (χ4n) is 2.29. The topological polar surface area (TPSA) is 91.8 Å². The van der Waals surface area contributed by atoms with Crippen molar-refractivity contribution in [2.75, 3.05) is 0 Å². The predicted octanol–water partition coefficient (Wildman–Crippen LogP) is 1.80. The Kier molecular flexibility index (Phi) is 3.14. The zero-order valence-electron chi connectivity index (χ0n) is 11.1. The van der Waals surface area contributed by atoms with Crippen molar-refractivity contribution in [3.63, 3.8) is 0 Å². The van der Waals surface area contributed by atoms with Crippen LogP contribution in [-0.2, 0) is 0 Å². The van der Waals surface area contributed by atoms with E-state index in [-0.39, 0.29) is 0 Å². The van der Waals surface area contributed by atoms with Crippen molar-refractivity contribution < 1.29 is 4.52 Å². The highest BCUT2D eigenvalue weighted by atomic mass is 16.5. The minimum absolute atomic E-state index is 0.393. The summed E-state index contributed by atoms with van der Waals surface area (Å²) in [5.41, 5.74) is 1.36. The summed E-state index contributed by atoms with van der Waals surface area (Å²) in [5, 5.41) is 4.12. The number of aryl methyl sites for hydroxylation is 1. The third kappa shape index (κ3) is 2.24. The van der Waals surface area contributed by atoms with Crippen molar-refractivity contribution in [3.05, 3.63) is 49.6 Å². The summed E-state index contributed by atoms with van der Waals surface area (Å²) in [7, 11) is 0. The Morgan fingerprint density at radius 1 is 1.35 bits per heavy atom. The molecule has 0 atom stereocenters. The van der Waals surface area contributed by atoms with Crippen molar-refractivity contribution in [2.24, 2.45) is 0 Å². The Bertz CT molecular complexity index is 762. The first-order chi connectivity index (χ1) is 9.65. The van der Waals surface area contributed by atoms with Gasteiger partial charge in [-0.3, -0.25) is 9.78 Å². The van der Waals surface area contributed by atoms with E-state index in [0.29, 0.717) is 11.5 Å². The highest BCUT2D eigenvalue weighted by Crippen LogP contribution is 2.38. The van der Waals surface area contributed by atoms with Crippen LogP contribution in [0, 0.1) is 6.92 Å². The Morgan fingerprint density at radius 2 is 2.15 bits per heavy atom. The minimum Gasteiger partial charge on any atom is -0.361 e. The van der Waals surface area contributed by atoms with Gasteiger partial charge in [-0.15, -0.1) is 0 Å². The summed E-state index contributed by atoms with van der Waals surface area (Å²) in [6, 6.07) is 0. The van der Waals surface area contributed by atoms with E-state index in [0.717, 1.165) is 29.9 Å². The number of hydrogen-bond acceptors (Lipinski definition) is 4. The van der Waals surface area contributed by atoms with Crippen LogP contribution >= 0.6 is 0 Å². The maximum absolute atomic E-state index is 11.6. The molecule has 1 fully saturated rings. The van der Waals surface area contributed by atoms with Crippen LogP contribution in [0.4, 0.5) is 0 Å². The van der Waals surface area contributed by atoms with Crippen LogP contribution in [-0.4, -0.2) is 15.1 Å². The molecule has 0 saturated heterocycles. The van der Waals surface area contributed by atoms with Gasteiger partial charge in [0.15, 0.2) is 0 Å². The second kappa shape index (κ2) is 4.96. The molecular weight excluding hydrogens is 258 g/mol. The van der Waals surface area contributed by atoms with Crippen molar-refractivity contribution in [1.82, 2.24) is 15.1 Å². The van der Waals surface area contributed by atoms with E-state index in [4.69, 9.17) is 4.52 Å². The van der Waals surface area contributed by atoms with Gasteiger partial charge in [0.1, 0.15) is 5.76 Å². The first-order valence-electron chi connectivity index (χ1n) is 6.61. The van der Waals surface area contributed by atoms with Crippen molar-refractivity contribution in [3.8, 4) is 0 Å². The van der Waals surface area contributed by atoms with Gasteiger partial charge in [-0.05, 0) is 31.9 Å². The lowest BCUT2D eigenvalue weighted by Crippen LogP contribution is -2.22. The van der Waals surface area contributed by atoms with Gasteiger partial charge < -0.3 is 9.51 Å². The SMILES string of the molecule is Cc1onc(C2CCC2)c1C=Cc1c[nH]c(=O)[nH]c1=O. The van der Waals surface area contributed by atoms with Crippen LogP contribution in [0.2, 0.25) is 0 Å². The molecule has 104 valence electrons. The molecule has 0 aromatic carbocycles. The Balaban J connectivity index is 1.94. The molecule has 0 amide bonds. The van der Waals surface area contributed by atoms with Crippen LogP contribution in [0.5, 0.6) is 0 Å². The second-order valence-electron chi connectivity index (χ2n) is 5.03. The quantitative estimate of drug-likeness (QED) is 0.891. The smallest absolute Gasteiger partial charge is 0.325 e. The zero-order chi connectivity index (χ0) is 14.1. The van der Waals surface area contributed by atoms with E-state index >= 15 is 0 Å². The minimum atomic E-state index is -0.511. The van der Waals surface area contributed by atoms with Crippen LogP contribution < -0.4 is 11.2 Å². The van der Waals surface area contributed by atoms with Crippen LogP contribution in [0.3, 0.4) is 0 Å². The molecule has 1 aliphatic rings. The molecule has 1 saturated carbocycles. The summed E-state index contributed by atoms with van der Waals surface area (Å²) in [6.07, 6.45) is 8.36. The average molecular weight is 273 g/mol. The molecule has 2 aromatic rings. The van der Waals surface area contributed by atoms with Gasteiger partial charge in [-0.1, -0.05) is 11.6 Å². The number of nitrogens with zero attached hydrogens (tertiary/aromatic N) is 1. The molecular formula is C14H15N3O3. The van der Waals surface area contributed by atoms with Gasteiger partial charge in [0.2, 0.25) is 0 Å². The Morgan fingerprint density at radius 3 is 2.80 bits per heavy atom. The second-order valence-corrected chi connectivity index (χ2v) is 5.03. The highest BCUT2D eigenvalue weighted by molar-refractivity contribution is 5.71. The molecule has 0 aliphatic heterocycles. The van der Waals surface area contributed by atoms with Gasteiger partial charge in [-0.25, -0.2) is 4.79 Å². The number of aromatic amines is 2. The third-order valence-electron chi connectivity index (χ3n) is 3.71. The number of aromatic nitrogens is 3. The lowest BCUT2D eigenvalue weighted by Gasteiger charge is -2.23. The van der Waals surface area contributed by atoms with Crippen molar-refractivity contribution >= 4 is 12.2 Å². The molecule has 0 radical (unpaired) electrons. The Labute approximate surface area is 114 Å². The van der Waals surface area contributed by atoms with Crippen LogP contribution in [0.1, 0.15) is 47.8 Å². The molecule has 1 aliphatic carbocycles. The number of H-pyrrole nitrogens is 2. The fraction of sp³-hybridized carbons (Fsp3) is 0.357. The van der Waals surface area contributed by atoms with Crippen molar-refractivity contribution in [2.45, 2.75) is 32.1 Å². The van der Waals surface area contributed by atoms with E-state index in [9.17, 15) is 9.59 Å². The molecule has 2 heterocycles. The van der Waals surface area contributed by atoms with Crippen LogP contribution in [0.15, 0.2) is 20.3 Å². The highest BCUT2D eigenvalue weighted by Gasteiger charge is 2.26. The molecule has 3 rings (SSSR count). The number of hydrogen-bond donors (Lipinski definition) is 2. The van der Waals surface area contributed by atoms with Gasteiger partial charge in [-0.2, -0.15) is 0 Å². The molecule has 20 heavy (non-hydrogen) atoms. The predicted molar refractivity (Wildman–Crippen MR) is 74.4 cm³/mol. The van der Waals surface area contributed by atoms with Crippen molar-refractivity contribution in [1.29, 1.82) is 0 Å².